The molecule has 32 heavy (non-hydrogen) atoms. The van der Waals surface area contributed by atoms with E-state index in [9.17, 15) is 4.79 Å². The Morgan fingerprint density at radius 1 is 1.12 bits per heavy atom. The second-order valence-electron chi connectivity index (χ2n) is 7.81. The molecule has 3 aromatic rings. The maximum atomic E-state index is 12.7. The third-order valence-corrected chi connectivity index (χ3v) is 6.20. The fraction of sp³-hybridized carbons (Fsp3) is 0.280. The van der Waals surface area contributed by atoms with Gasteiger partial charge in [0.2, 0.25) is 5.91 Å². The van der Waals surface area contributed by atoms with Crippen molar-refractivity contribution in [3.63, 3.8) is 0 Å². The molecule has 6 nitrogen and oxygen atoms in total. The van der Waals surface area contributed by atoms with Crippen LogP contribution >= 0.6 is 11.3 Å². The van der Waals surface area contributed by atoms with Crippen molar-refractivity contribution in [2.75, 3.05) is 43.4 Å². The van der Waals surface area contributed by atoms with E-state index in [2.05, 4.69) is 33.2 Å². The zero-order valence-corrected chi connectivity index (χ0v) is 19.3. The first kappa shape index (κ1) is 22.0. The van der Waals surface area contributed by atoms with Gasteiger partial charge in [-0.05, 0) is 38.2 Å². The van der Waals surface area contributed by atoms with Crippen molar-refractivity contribution in [2.24, 2.45) is 0 Å². The number of rotatable bonds is 7. The van der Waals surface area contributed by atoms with E-state index in [-0.39, 0.29) is 5.91 Å². The van der Waals surface area contributed by atoms with Crippen LogP contribution < -0.4 is 15.0 Å². The molecule has 0 saturated carbocycles. The second-order valence-corrected chi connectivity index (χ2v) is 8.88. The zero-order chi connectivity index (χ0) is 22.3. The van der Waals surface area contributed by atoms with Crippen molar-refractivity contribution in [1.82, 2.24) is 9.88 Å². The smallest absolute Gasteiger partial charge is 0.248 e. The first-order valence-corrected chi connectivity index (χ1v) is 11.6. The lowest BCUT2D eigenvalue weighted by Crippen LogP contribution is -2.44. The number of nitrogens with zero attached hydrogens (tertiary/aromatic N) is 3. The Labute approximate surface area is 193 Å². The maximum absolute atomic E-state index is 12.7. The molecule has 0 bridgehead atoms. The van der Waals surface area contributed by atoms with Crippen molar-refractivity contribution >= 4 is 34.7 Å². The maximum Gasteiger partial charge on any atom is 0.248 e. The zero-order valence-electron chi connectivity index (χ0n) is 18.5. The number of hydrogen-bond acceptors (Lipinski definition) is 6. The Bertz CT molecular complexity index is 1090. The first-order valence-electron chi connectivity index (χ1n) is 10.7. The first-order chi connectivity index (χ1) is 15.6. The van der Waals surface area contributed by atoms with Crippen LogP contribution in [0.5, 0.6) is 5.75 Å². The summed E-state index contributed by atoms with van der Waals surface area (Å²) < 4.78 is 5.94. The van der Waals surface area contributed by atoms with Crippen LogP contribution in [0.4, 0.5) is 11.4 Å². The van der Waals surface area contributed by atoms with Gasteiger partial charge in [0.05, 0.1) is 22.1 Å². The summed E-state index contributed by atoms with van der Waals surface area (Å²) in [7, 11) is 2.13. The number of piperazine rings is 1. The Morgan fingerprint density at radius 3 is 2.66 bits per heavy atom. The van der Waals surface area contributed by atoms with E-state index in [1.54, 1.807) is 23.5 Å². The summed E-state index contributed by atoms with van der Waals surface area (Å²) in [5.41, 5.74) is 3.64. The van der Waals surface area contributed by atoms with Crippen molar-refractivity contribution < 1.29 is 9.53 Å². The van der Waals surface area contributed by atoms with Crippen LogP contribution in [0.2, 0.25) is 0 Å². The van der Waals surface area contributed by atoms with Crippen molar-refractivity contribution in [3.8, 4) is 5.75 Å². The average molecular weight is 449 g/mol. The average Bonchev–Trinajstić information content (AvgIpc) is 3.23. The fourth-order valence-corrected chi connectivity index (χ4v) is 4.22. The number of likely N-dealkylation sites (N-methyl/N-ethyl adjacent to an activating group) is 1. The molecule has 1 fully saturated rings. The molecule has 4 rings (SSSR count). The number of hydrogen-bond donors (Lipinski definition) is 1. The minimum atomic E-state index is -0.170. The number of carbonyl (C=O) groups is 1. The molecule has 1 aromatic heterocycles. The minimum Gasteiger partial charge on any atom is -0.487 e. The van der Waals surface area contributed by atoms with Crippen LogP contribution in [0.1, 0.15) is 16.3 Å². The lowest BCUT2D eigenvalue weighted by Gasteiger charge is -2.35. The molecule has 0 unspecified atom stereocenters. The van der Waals surface area contributed by atoms with E-state index in [1.807, 2.05) is 54.8 Å². The van der Waals surface area contributed by atoms with Crippen LogP contribution in [-0.2, 0) is 11.4 Å². The van der Waals surface area contributed by atoms with Gasteiger partial charge in [0.1, 0.15) is 12.4 Å². The van der Waals surface area contributed by atoms with Crippen LogP contribution in [0, 0.1) is 6.92 Å². The molecule has 2 heterocycles. The van der Waals surface area contributed by atoms with E-state index in [0.717, 1.165) is 59.6 Å². The Morgan fingerprint density at radius 2 is 1.88 bits per heavy atom. The molecule has 0 spiro atoms. The number of aromatic nitrogens is 1. The molecule has 1 N–H and O–H groups in total. The second kappa shape index (κ2) is 10.4. The number of nitrogens with one attached hydrogen (secondary N) is 1. The van der Waals surface area contributed by atoms with Gasteiger partial charge in [-0.25, -0.2) is 4.98 Å². The summed E-state index contributed by atoms with van der Waals surface area (Å²) in [6.45, 7) is 6.30. The highest BCUT2D eigenvalue weighted by Crippen LogP contribution is 2.27. The molecular formula is C25H28N4O2S. The summed E-state index contributed by atoms with van der Waals surface area (Å²) in [6.07, 6.45) is 3.34. The number of anilines is 2. The highest BCUT2D eigenvalue weighted by molar-refractivity contribution is 7.09. The molecule has 1 amide bonds. The third kappa shape index (κ3) is 5.75. The minimum absolute atomic E-state index is 0.170. The van der Waals surface area contributed by atoms with E-state index in [0.29, 0.717) is 6.61 Å². The number of para-hydroxylation sites is 3. The van der Waals surface area contributed by atoms with Crippen LogP contribution in [0.15, 0.2) is 60.0 Å². The predicted octanol–water partition coefficient (Wildman–Crippen LogP) is 4.43. The Hall–Kier alpha value is -3.16. The van der Waals surface area contributed by atoms with Crippen LogP contribution in [0.25, 0.3) is 6.08 Å². The number of benzene rings is 2. The van der Waals surface area contributed by atoms with E-state index < -0.39 is 0 Å². The summed E-state index contributed by atoms with van der Waals surface area (Å²) in [5, 5.41) is 6.06. The molecule has 1 saturated heterocycles. The highest BCUT2D eigenvalue weighted by atomic mass is 32.1. The summed E-state index contributed by atoms with van der Waals surface area (Å²) in [4.78, 5) is 21.8. The monoisotopic (exact) mass is 448 g/mol. The summed E-state index contributed by atoms with van der Waals surface area (Å²) in [5.74, 6) is 0.552. The van der Waals surface area contributed by atoms with Gasteiger partial charge in [0, 0.05) is 43.2 Å². The van der Waals surface area contributed by atoms with Crippen LogP contribution in [-0.4, -0.2) is 49.0 Å². The largest absolute Gasteiger partial charge is 0.487 e. The molecule has 0 radical (unpaired) electrons. The molecule has 166 valence electrons. The number of carbonyl (C=O) groups excluding carboxylic acids is 1. The quantitative estimate of drug-likeness (QED) is 0.542. The fourth-order valence-electron chi connectivity index (χ4n) is 3.62. The van der Waals surface area contributed by atoms with E-state index in [4.69, 9.17) is 4.74 Å². The molecular weight excluding hydrogens is 420 g/mol. The van der Waals surface area contributed by atoms with Gasteiger partial charge in [0.15, 0.2) is 0 Å². The predicted molar refractivity (Wildman–Crippen MR) is 131 cm³/mol. The number of aryl methyl sites for hydroxylation is 1. The van der Waals surface area contributed by atoms with Gasteiger partial charge < -0.3 is 19.9 Å². The Balaban J connectivity index is 1.41. The van der Waals surface area contributed by atoms with Gasteiger partial charge in [-0.3, -0.25) is 4.79 Å². The van der Waals surface area contributed by atoms with E-state index in [1.165, 1.54) is 0 Å². The molecule has 0 aliphatic carbocycles. The van der Waals surface area contributed by atoms with E-state index >= 15 is 0 Å². The SMILES string of the molecule is Cc1nc(COc2ccccc2/C=C/C(=O)Nc2ccccc2N2CCN(C)CC2)cs1. The lowest BCUT2D eigenvalue weighted by atomic mass is 10.2. The standard InChI is InChI=1S/C25H28N4O2S/c1-19-26-21(18-32-19)17-31-24-10-6-3-7-20(24)11-12-25(30)27-22-8-4-5-9-23(22)29-15-13-28(2)14-16-29/h3-12,18H,13-17H2,1-2H3,(H,27,30)/b12-11+. The van der Waals surface area contributed by atoms with Crippen molar-refractivity contribution in [1.29, 1.82) is 0 Å². The summed E-state index contributed by atoms with van der Waals surface area (Å²) in [6, 6.07) is 15.7. The van der Waals surface area contributed by atoms with Gasteiger partial charge in [-0.2, -0.15) is 0 Å². The Kier molecular flexibility index (Phi) is 7.19. The molecule has 7 heteroatoms. The number of amides is 1. The highest BCUT2D eigenvalue weighted by Gasteiger charge is 2.17. The topological polar surface area (TPSA) is 57.7 Å². The van der Waals surface area contributed by atoms with Gasteiger partial charge >= 0.3 is 0 Å². The summed E-state index contributed by atoms with van der Waals surface area (Å²) >= 11 is 1.61. The van der Waals surface area contributed by atoms with Crippen molar-refractivity contribution in [2.45, 2.75) is 13.5 Å². The number of thiazole rings is 1. The lowest BCUT2D eigenvalue weighted by molar-refractivity contribution is -0.111. The van der Waals surface area contributed by atoms with Gasteiger partial charge in [-0.1, -0.05) is 30.3 Å². The molecule has 0 atom stereocenters. The molecule has 1 aliphatic heterocycles. The van der Waals surface area contributed by atoms with Crippen molar-refractivity contribution in [3.05, 3.63) is 76.3 Å². The van der Waals surface area contributed by atoms with Crippen LogP contribution in [0.3, 0.4) is 0 Å². The normalized spacial score (nSPS) is 14.6. The number of ether oxygens (including phenoxy) is 1. The molecule has 1 aliphatic rings. The van der Waals surface area contributed by atoms with Gasteiger partial charge in [0.25, 0.3) is 0 Å². The van der Waals surface area contributed by atoms with Gasteiger partial charge in [-0.15, -0.1) is 11.3 Å². The third-order valence-electron chi connectivity index (χ3n) is 5.38. The molecule has 2 aromatic carbocycles.